The average Bonchev–Trinajstić information content (AvgIpc) is 3.19. The second kappa shape index (κ2) is 8.54. The van der Waals surface area contributed by atoms with Gasteiger partial charge in [0, 0.05) is 23.5 Å². The summed E-state index contributed by atoms with van der Waals surface area (Å²) in [4.78, 5) is 17.3. The molecule has 0 saturated heterocycles. The van der Waals surface area contributed by atoms with E-state index in [0.29, 0.717) is 28.6 Å². The molecule has 1 aliphatic heterocycles. The number of carbonyl (C=O) groups is 1. The average molecular weight is 460 g/mol. The van der Waals surface area contributed by atoms with Crippen molar-refractivity contribution >= 4 is 11.7 Å². The Morgan fingerprint density at radius 1 is 1.09 bits per heavy atom. The number of anilines is 1. The van der Waals surface area contributed by atoms with Crippen LogP contribution in [0.2, 0.25) is 0 Å². The zero-order valence-corrected chi connectivity index (χ0v) is 18.7. The molecule has 0 aliphatic carbocycles. The molecule has 2 aromatic carbocycles. The summed E-state index contributed by atoms with van der Waals surface area (Å²) < 4.78 is 25.6. The van der Waals surface area contributed by atoms with Gasteiger partial charge in [0.25, 0.3) is 5.95 Å². The van der Waals surface area contributed by atoms with Gasteiger partial charge in [-0.25, -0.2) is 9.37 Å². The van der Waals surface area contributed by atoms with Crippen molar-refractivity contribution in [1.82, 2.24) is 25.0 Å². The molecule has 5 rings (SSSR count). The van der Waals surface area contributed by atoms with Crippen LogP contribution in [-0.2, 0) is 4.79 Å². The largest absolute Gasteiger partial charge is 0.493 e. The zero-order valence-electron chi connectivity index (χ0n) is 18.7. The molecular formula is C24H21FN6O3. The van der Waals surface area contributed by atoms with Crippen LogP contribution < -0.4 is 14.8 Å². The maximum absolute atomic E-state index is 13.3. The summed E-state index contributed by atoms with van der Waals surface area (Å²) in [6.45, 7) is 1.87. The molecule has 0 radical (unpaired) electrons. The third-order valence-corrected chi connectivity index (χ3v) is 5.79. The fourth-order valence-electron chi connectivity index (χ4n) is 4.19. The number of nitrogens with one attached hydrogen (secondary N) is 1. The van der Waals surface area contributed by atoms with Gasteiger partial charge >= 0.3 is 0 Å². The van der Waals surface area contributed by atoms with Gasteiger partial charge in [-0.2, -0.15) is 14.9 Å². The number of aryl methyl sites for hydroxylation is 1. The van der Waals surface area contributed by atoms with Gasteiger partial charge < -0.3 is 14.8 Å². The van der Waals surface area contributed by atoms with Crippen molar-refractivity contribution in [2.24, 2.45) is 0 Å². The summed E-state index contributed by atoms with van der Waals surface area (Å²) in [5.41, 5.74) is 3.68. The highest BCUT2D eigenvalue weighted by Gasteiger charge is 2.33. The van der Waals surface area contributed by atoms with Crippen LogP contribution in [0.4, 0.5) is 10.2 Å². The number of amides is 1. The fourth-order valence-corrected chi connectivity index (χ4v) is 4.19. The number of nitrogens with zero attached hydrogens (tertiary/aromatic N) is 5. The third kappa shape index (κ3) is 3.72. The van der Waals surface area contributed by atoms with Crippen LogP contribution in [0.1, 0.15) is 29.2 Å². The molecule has 2 aromatic heterocycles. The molecule has 1 atom stereocenters. The minimum atomic E-state index is -0.341. The highest BCUT2D eigenvalue weighted by molar-refractivity contribution is 5.95. The molecule has 0 saturated carbocycles. The standard InChI is InChI=1S/C24H21FN6O3/c1-13-22-17(15-6-9-19(33-2)20(10-15)34-3)11-21(32)28-23(22)31(30-13)24-27-18(12-26-29-24)14-4-7-16(25)8-5-14/h4-10,12,17H,11H2,1-3H3,(H,28,32). The smallest absolute Gasteiger partial charge is 0.272 e. The number of carbonyl (C=O) groups excluding carboxylic acids is 1. The van der Waals surface area contributed by atoms with Crippen LogP contribution in [0.3, 0.4) is 0 Å². The second-order valence-corrected chi connectivity index (χ2v) is 7.83. The minimum Gasteiger partial charge on any atom is -0.493 e. The van der Waals surface area contributed by atoms with Crippen molar-refractivity contribution < 1.29 is 18.7 Å². The molecule has 172 valence electrons. The van der Waals surface area contributed by atoms with Crippen molar-refractivity contribution in [3.05, 3.63) is 71.3 Å². The van der Waals surface area contributed by atoms with Crippen molar-refractivity contribution in [3.63, 3.8) is 0 Å². The van der Waals surface area contributed by atoms with E-state index in [1.165, 1.54) is 23.0 Å². The van der Waals surface area contributed by atoms with E-state index >= 15 is 0 Å². The Morgan fingerprint density at radius 3 is 2.59 bits per heavy atom. The van der Waals surface area contributed by atoms with E-state index in [-0.39, 0.29) is 30.0 Å². The van der Waals surface area contributed by atoms with Crippen LogP contribution in [0.15, 0.2) is 48.7 Å². The van der Waals surface area contributed by atoms with E-state index in [4.69, 9.17) is 9.47 Å². The quantitative estimate of drug-likeness (QED) is 0.485. The summed E-state index contributed by atoms with van der Waals surface area (Å²) in [7, 11) is 3.15. The molecule has 0 bridgehead atoms. The summed E-state index contributed by atoms with van der Waals surface area (Å²) >= 11 is 0. The lowest BCUT2D eigenvalue weighted by atomic mass is 9.85. The van der Waals surface area contributed by atoms with Crippen molar-refractivity contribution in [2.75, 3.05) is 19.5 Å². The van der Waals surface area contributed by atoms with Crippen LogP contribution in [0.25, 0.3) is 17.2 Å². The number of hydrogen-bond donors (Lipinski definition) is 1. The highest BCUT2D eigenvalue weighted by atomic mass is 19.1. The van der Waals surface area contributed by atoms with Gasteiger partial charge in [-0.1, -0.05) is 6.07 Å². The Balaban J connectivity index is 1.59. The Bertz CT molecular complexity index is 1390. The lowest BCUT2D eigenvalue weighted by molar-refractivity contribution is -0.116. The number of ether oxygens (including phenoxy) is 2. The van der Waals surface area contributed by atoms with Crippen LogP contribution in [0.5, 0.6) is 11.5 Å². The number of benzene rings is 2. The number of fused-ring (bicyclic) bond motifs is 1. The van der Waals surface area contributed by atoms with Crippen molar-refractivity contribution in [3.8, 4) is 28.7 Å². The van der Waals surface area contributed by atoms with E-state index in [0.717, 1.165) is 16.8 Å². The number of halogens is 1. The first kappa shape index (κ1) is 21.5. The molecule has 1 N–H and O–H groups in total. The normalized spacial score (nSPS) is 14.9. The van der Waals surface area contributed by atoms with E-state index in [2.05, 4.69) is 25.6 Å². The monoisotopic (exact) mass is 460 g/mol. The van der Waals surface area contributed by atoms with Gasteiger partial charge in [-0.3, -0.25) is 4.79 Å². The number of methoxy groups -OCH3 is 2. The number of hydrogen-bond acceptors (Lipinski definition) is 7. The van der Waals surface area contributed by atoms with Gasteiger partial charge in [0.1, 0.15) is 11.6 Å². The second-order valence-electron chi connectivity index (χ2n) is 7.83. The molecule has 4 aromatic rings. The van der Waals surface area contributed by atoms with Gasteiger partial charge in [0.05, 0.1) is 31.8 Å². The summed E-state index contributed by atoms with van der Waals surface area (Å²) in [5, 5.41) is 15.7. The molecular weight excluding hydrogens is 439 g/mol. The maximum atomic E-state index is 13.3. The summed E-state index contributed by atoms with van der Waals surface area (Å²) in [5.74, 6) is 1.13. The van der Waals surface area contributed by atoms with Crippen LogP contribution in [0, 0.1) is 12.7 Å². The Labute approximate surface area is 194 Å². The Hall–Kier alpha value is -4.34. The highest BCUT2D eigenvalue weighted by Crippen LogP contribution is 2.42. The van der Waals surface area contributed by atoms with E-state index < -0.39 is 0 Å². The molecule has 9 nitrogen and oxygen atoms in total. The molecule has 3 heterocycles. The molecule has 1 aliphatic rings. The van der Waals surface area contributed by atoms with Gasteiger partial charge in [-0.05, 0) is 48.9 Å². The minimum absolute atomic E-state index is 0.156. The molecule has 0 fully saturated rings. The fraction of sp³-hybridized carbons (Fsp3) is 0.208. The molecule has 1 unspecified atom stereocenters. The summed E-state index contributed by atoms with van der Waals surface area (Å²) in [6.07, 6.45) is 1.74. The van der Waals surface area contributed by atoms with Gasteiger partial charge in [-0.15, -0.1) is 5.10 Å². The van der Waals surface area contributed by atoms with E-state index in [1.807, 2.05) is 25.1 Å². The lowest BCUT2D eigenvalue weighted by Crippen LogP contribution is -2.25. The maximum Gasteiger partial charge on any atom is 0.272 e. The first-order valence-electron chi connectivity index (χ1n) is 10.6. The topological polar surface area (TPSA) is 104 Å². The number of rotatable bonds is 5. The summed E-state index contributed by atoms with van der Waals surface area (Å²) in [6, 6.07) is 11.5. The van der Waals surface area contributed by atoms with Crippen molar-refractivity contribution in [2.45, 2.75) is 19.3 Å². The molecule has 1 amide bonds. The van der Waals surface area contributed by atoms with Crippen LogP contribution >= 0.6 is 0 Å². The molecule has 0 spiro atoms. The Kier molecular flexibility index (Phi) is 5.40. The first-order valence-corrected chi connectivity index (χ1v) is 10.6. The van der Waals surface area contributed by atoms with Gasteiger partial charge in [0.2, 0.25) is 5.91 Å². The molecule has 34 heavy (non-hydrogen) atoms. The van der Waals surface area contributed by atoms with Crippen LogP contribution in [-0.4, -0.2) is 45.1 Å². The van der Waals surface area contributed by atoms with E-state index in [9.17, 15) is 9.18 Å². The van der Waals surface area contributed by atoms with Gasteiger partial charge in [0.15, 0.2) is 11.5 Å². The predicted molar refractivity (Wildman–Crippen MR) is 122 cm³/mol. The zero-order chi connectivity index (χ0) is 23.8. The lowest BCUT2D eigenvalue weighted by Gasteiger charge is -2.24. The SMILES string of the molecule is COc1ccc(C2CC(=O)Nc3c2c(C)nn3-c2nncc(-c3ccc(F)cc3)n2)cc1OC. The number of aromatic nitrogens is 5. The van der Waals surface area contributed by atoms with Crippen molar-refractivity contribution in [1.29, 1.82) is 0 Å². The third-order valence-electron chi connectivity index (χ3n) is 5.79. The Morgan fingerprint density at radius 2 is 1.85 bits per heavy atom. The molecule has 10 heteroatoms. The van der Waals surface area contributed by atoms with E-state index in [1.54, 1.807) is 26.4 Å². The first-order chi connectivity index (χ1) is 16.5. The predicted octanol–water partition coefficient (Wildman–Crippen LogP) is 3.66.